The van der Waals surface area contributed by atoms with Crippen LogP contribution in [0.25, 0.3) is 10.8 Å². The Labute approximate surface area is 120 Å². The molecule has 102 valence electrons. The van der Waals surface area contributed by atoms with Crippen LogP contribution >= 0.6 is 11.8 Å². The summed E-state index contributed by atoms with van der Waals surface area (Å²) >= 11 is 1.94. The smallest absolute Gasteiger partial charge is 0.133 e. The van der Waals surface area contributed by atoms with Gasteiger partial charge in [-0.2, -0.15) is 11.8 Å². The van der Waals surface area contributed by atoms with Gasteiger partial charge in [0.05, 0.1) is 0 Å². The van der Waals surface area contributed by atoms with Gasteiger partial charge in [-0.15, -0.1) is 0 Å². The molecule has 1 aromatic carbocycles. The molecule has 2 rings (SSSR count). The third-order valence-electron chi connectivity index (χ3n) is 3.24. The lowest BCUT2D eigenvalue weighted by Crippen LogP contribution is -2.03. The molecule has 1 heterocycles. The first-order chi connectivity index (χ1) is 9.42. The normalized spacial score (nSPS) is 10.8. The van der Waals surface area contributed by atoms with Gasteiger partial charge in [-0.3, -0.25) is 0 Å². The number of benzene rings is 1. The summed E-state index contributed by atoms with van der Waals surface area (Å²) < 4.78 is 0. The number of pyridine rings is 1. The predicted octanol–water partition coefficient (Wildman–Crippen LogP) is 4.57. The number of nitrogens with one attached hydrogen (secondary N) is 1. The summed E-state index contributed by atoms with van der Waals surface area (Å²) in [6, 6.07) is 10.5. The van der Waals surface area contributed by atoms with Crippen LogP contribution in [-0.2, 0) is 0 Å². The van der Waals surface area contributed by atoms with Crippen LogP contribution in [0.4, 0.5) is 5.82 Å². The predicted molar refractivity (Wildman–Crippen MR) is 87.1 cm³/mol. The third-order valence-corrected chi connectivity index (χ3v) is 3.94. The van der Waals surface area contributed by atoms with Gasteiger partial charge < -0.3 is 5.32 Å². The quantitative estimate of drug-likeness (QED) is 0.714. The number of hydrogen-bond donors (Lipinski definition) is 1. The summed E-state index contributed by atoms with van der Waals surface area (Å²) in [5.41, 5.74) is 0. The second-order valence-electron chi connectivity index (χ2n) is 4.71. The van der Waals surface area contributed by atoms with E-state index in [2.05, 4.69) is 46.9 Å². The number of thioether (sulfide) groups is 1. The average molecular weight is 274 g/mol. The SMILES string of the molecule is CSCCCCCCNc1nccc2ccccc12. The first-order valence-corrected chi connectivity index (χ1v) is 8.38. The zero-order valence-corrected chi connectivity index (χ0v) is 12.4. The highest BCUT2D eigenvalue weighted by Crippen LogP contribution is 2.20. The lowest BCUT2D eigenvalue weighted by Gasteiger charge is -2.08. The van der Waals surface area contributed by atoms with Gasteiger partial charge in [0.1, 0.15) is 5.82 Å². The summed E-state index contributed by atoms with van der Waals surface area (Å²) in [5.74, 6) is 2.31. The highest BCUT2D eigenvalue weighted by atomic mass is 32.2. The monoisotopic (exact) mass is 274 g/mol. The first kappa shape index (κ1) is 14.2. The van der Waals surface area contributed by atoms with Crippen LogP contribution in [0.5, 0.6) is 0 Å². The maximum absolute atomic E-state index is 4.44. The number of unbranched alkanes of at least 4 members (excludes halogenated alkanes) is 3. The van der Waals surface area contributed by atoms with Crippen LogP contribution in [0.2, 0.25) is 0 Å². The van der Waals surface area contributed by atoms with Crippen molar-refractivity contribution < 1.29 is 0 Å². The first-order valence-electron chi connectivity index (χ1n) is 6.98. The summed E-state index contributed by atoms with van der Waals surface area (Å²) in [6.45, 7) is 1.01. The summed E-state index contributed by atoms with van der Waals surface area (Å²) in [4.78, 5) is 4.44. The maximum Gasteiger partial charge on any atom is 0.133 e. The Morgan fingerprint density at radius 2 is 1.89 bits per heavy atom. The van der Waals surface area contributed by atoms with Crippen LogP contribution in [-0.4, -0.2) is 23.5 Å². The Morgan fingerprint density at radius 1 is 1.05 bits per heavy atom. The van der Waals surface area contributed by atoms with Crippen LogP contribution in [0.15, 0.2) is 36.5 Å². The molecule has 1 N–H and O–H groups in total. The van der Waals surface area contributed by atoms with E-state index in [1.54, 1.807) is 0 Å². The van der Waals surface area contributed by atoms with E-state index < -0.39 is 0 Å². The molecule has 2 nitrogen and oxygen atoms in total. The molecule has 0 aliphatic heterocycles. The van der Waals surface area contributed by atoms with E-state index in [0.29, 0.717) is 0 Å². The molecule has 0 atom stereocenters. The minimum atomic E-state index is 1.01. The zero-order valence-electron chi connectivity index (χ0n) is 11.6. The largest absolute Gasteiger partial charge is 0.370 e. The van der Waals surface area contributed by atoms with Crippen molar-refractivity contribution in [3.8, 4) is 0 Å². The molecule has 19 heavy (non-hydrogen) atoms. The standard InChI is InChI=1S/C16H22N2S/c1-19-13-7-3-2-6-11-17-16-15-9-5-4-8-14(15)10-12-18-16/h4-5,8-10,12H,2-3,6-7,11,13H2,1H3,(H,17,18). The van der Waals surface area contributed by atoms with E-state index in [9.17, 15) is 0 Å². The molecule has 0 unspecified atom stereocenters. The molecule has 0 spiro atoms. The Bertz CT molecular complexity index is 494. The van der Waals surface area contributed by atoms with Crippen molar-refractivity contribution in [1.82, 2.24) is 4.98 Å². The van der Waals surface area contributed by atoms with Gasteiger partial charge in [-0.1, -0.05) is 37.1 Å². The van der Waals surface area contributed by atoms with Gasteiger partial charge in [-0.05, 0) is 36.3 Å². The van der Waals surface area contributed by atoms with E-state index in [0.717, 1.165) is 12.4 Å². The van der Waals surface area contributed by atoms with Gasteiger partial charge in [0.25, 0.3) is 0 Å². The highest BCUT2D eigenvalue weighted by Gasteiger charge is 2.00. The van der Waals surface area contributed by atoms with Crippen LogP contribution < -0.4 is 5.32 Å². The van der Waals surface area contributed by atoms with Gasteiger partial charge in [0.2, 0.25) is 0 Å². The fraction of sp³-hybridized carbons (Fsp3) is 0.438. The van der Waals surface area contributed by atoms with E-state index in [1.807, 2.05) is 18.0 Å². The minimum absolute atomic E-state index is 1.01. The summed E-state index contributed by atoms with van der Waals surface area (Å²) in [5, 5.41) is 5.93. The van der Waals surface area contributed by atoms with Crippen molar-refractivity contribution in [2.75, 3.05) is 23.9 Å². The van der Waals surface area contributed by atoms with Crippen LogP contribution in [0.3, 0.4) is 0 Å². The topological polar surface area (TPSA) is 24.9 Å². The van der Waals surface area contributed by atoms with Gasteiger partial charge in [0, 0.05) is 18.1 Å². The van der Waals surface area contributed by atoms with Gasteiger partial charge in [-0.25, -0.2) is 4.98 Å². The molecule has 0 saturated carbocycles. The molecule has 1 aromatic heterocycles. The highest BCUT2D eigenvalue weighted by molar-refractivity contribution is 7.98. The second-order valence-corrected chi connectivity index (χ2v) is 5.70. The number of rotatable bonds is 8. The third kappa shape index (κ3) is 4.43. The Balaban J connectivity index is 1.78. The molecular weight excluding hydrogens is 252 g/mol. The van der Waals surface area contributed by atoms with Crippen molar-refractivity contribution >= 4 is 28.4 Å². The molecule has 0 saturated heterocycles. The average Bonchev–Trinajstić information content (AvgIpc) is 2.46. The van der Waals surface area contributed by atoms with Crippen molar-refractivity contribution in [1.29, 1.82) is 0 Å². The lowest BCUT2D eigenvalue weighted by atomic mass is 10.1. The van der Waals surface area contributed by atoms with Crippen molar-refractivity contribution in [2.24, 2.45) is 0 Å². The lowest BCUT2D eigenvalue weighted by molar-refractivity contribution is 0.688. The fourth-order valence-electron chi connectivity index (χ4n) is 2.19. The Hall–Kier alpha value is -1.22. The minimum Gasteiger partial charge on any atom is -0.370 e. The molecule has 0 radical (unpaired) electrons. The molecule has 0 amide bonds. The van der Waals surface area contributed by atoms with E-state index in [1.165, 1.54) is 42.2 Å². The van der Waals surface area contributed by atoms with Crippen LogP contribution in [0, 0.1) is 0 Å². The van der Waals surface area contributed by atoms with E-state index in [-0.39, 0.29) is 0 Å². The summed E-state index contributed by atoms with van der Waals surface area (Å²) in [7, 11) is 0. The van der Waals surface area contributed by atoms with Gasteiger partial charge >= 0.3 is 0 Å². The second kappa shape index (κ2) is 8.05. The number of aromatic nitrogens is 1. The molecule has 3 heteroatoms. The molecular formula is C16H22N2S. The van der Waals surface area contributed by atoms with E-state index in [4.69, 9.17) is 0 Å². The number of anilines is 1. The molecule has 0 fully saturated rings. The van der Waals surface area contributed by atoms with Crippen molar-refractivity contribution in [3.63, 3.8) is 0 Å². The molecule has 0 bridgehead atoms. The van der Waals surface area contributed by atoms with E-state index >= 15 is 0 Å². The Kier molecular flexibility index (Phi) is 6.02. The Morgan fingerprint density at radius 3 is 2.79 bits per heavy atom. The van der Waals surface area contributed by atoms with Gasteiger partial charge in [0.15, 0.2) is 0 Å². The number of fused-ring (bicyclic) bond motifs is 1. The molecule has 0 aliphatic rings. The maximum atomic E-state index is 4.44. The molecule has 2 aromatic rings. The van der Waals surface area contributed by atoms with Crippen LogP contribution in [0.1, 0.15) is 25.7 Å². The summed E-state index contributed by atoms with van der Waals surface area (Å²) in [6.07, 6.45) is 9.26. The number of nitrogens with zero attached hydrogens (tertiary/aromatic N) is 1. The fourth-order valence-corrected chi connectivity index (χ4v) is 2.69. The van der Waals surface area contributed by atoms with Crippen molar-refractivity contribution in [3.05, 3.63) is 36.5 Å². The molecule has 0 aliphatic carbocycles. The number of hydrogen-bond acceptors (Lipinski definition) is 3. The van der Waals surface area contributed by atoms with Crippen molar-refractivity contribution in [2.45, 2.75) is 25.7 Å². The zero-order chi connectivity index (χ0) is 13.3.